The minimum atomic E-state index is -4.41. The first-order valence-corrected chi connectivity index (χ1v) is 8.02. The lowest BCUT2D eigenvalue weighted by Gasteiger charge is -2.40. The SMILES string of the molecule is O=C1CCC(C(=O)N2C3CCCC2CC3)CN1CC(F)(F)F. The van der Waals surface area contributed by atoms with Gasteiger partial charge in [0.05, 0.1) is 5.92 Å². The average molecular weight is 318 g/mol. The number of carbonyl (C=O) groups is 2. The Morgan fingerprint density at radius 1 is 1.09 bits per heavy atom. The molecule has 0 N–H and O–H groups in total. The molecular formula is C15H21F3N2O2. The zero-order valence-electron chi connectivity index (χ0n) is 12.4. The molecule has 7 heteroatoms. The summed E-state index contributed by atoms with van der Waals surface area (Å²) in [5, 5.41) is 0. The van der Waals surface area contributed by atoms with E-state index in [0.717, 1.165) is 37.0 Å². The number of nitrogens with zero attached hydrogens (tertiary/aromatic N) is 2. The predicted molar refractivity (Wildman–Crippen MR) is 72.9 cm³/mol. The van der Waals surface area contributed by atoms with Crippen LogP contribution in [0.4, 0.5) is 13.2 Å². The van der Waals surface area contributed by atoms with E-state index in [4.69, 9.17) is 0 Å². The fourth-order valence-corrected chi connectivity index (χ4v) is 4.17. The molecule has 3 fully saturated rings. The summed E-state index contributed by atoms with van der Waals surface area (Å²) in [6.45, 7) is -1.34. The molecule has 3 aliphatic rings. The van der Waals surface area contributed by atoms with Crippen molar-refractivity contribution in [2.24, 2.45) is 5.92 Å². The van der Waals surface area contributed by atoms with Crippen molar-refractivity contribution in [1.82, 2.24) is 9.80 Å². The zero-order valence-corrected chi connectivity index (χ0v) is 12.4. The van der Waals surface area contributed by atoms with Gasteiger partial charge in [-0.05, 0) is 38.5 Å². The van der Waals surface area contributed by atoms with Gasteiger partial charge in [0, 0.05) is 25.0 Å². The van der Waals surface area contributed by atoms with Crippen molar-refractivity contribution in [2.45, 2.75) is 63.2 Å². The van der Waals surface area contributed by atoms with Crippen LogP contribution in [-0.2, 0) is 9.59 Å². The number of hydrogen-bond acceptors (Lipinski definition) is 2. The van der Waals surface area contributed by atoms with E-state index in [2.05, 4.69) is 0 Å². The summed E-state index contributed by atoms with van der Waals surface area (Å²) in [6.07, 6.45) is 1.15. The third-order valence-electron chi connectivity index (χ3n) is 5.17. The number of halogens is 3. The van der Waals surface area contributed by atoms with Crippen molar-refractivity contribution in [2.75, 3.05) is 13.1 Å². The first kappa shape index (κ1) is 15.6. The molecular weight excluding hydrogens is 297 g/mol. The van der Waals surface area contributed by atoms with Crippen LogP contribution in [0.1, 0.15) is 44.9 Å². The largest absolute Gasteiger partial charge is 0.406 e. The molecule has 4 nitrogen and oxygen atoms in total. The molecule has 3 saturated heterocycles. The molecule has 3 rings (SSSR count). The van der Waals surface area contributed by atoms with Gasteiger partial charge in [0.1, 0.15) is 6.54 Å². The van der Waals surface area contributed by atoms with Crippen LogP contribution in [0.25, 0.3) is 0 Å². The lowest BCUT2D eigenvalue weighted by molar-refractivity contribution is -0.168. The number of fused-ring (bicyclic) bond motifs is 2. The van der Waals surface area contributed by atoms with E-state index < -0.39 is 24.5 Å². The Morgan fingerprint density at radius 3 is 2.32 bits per heavy atom. The molecule has 3 atom stereocenters. The molecule has 2 bridgehead atoms. The molecule has 0 spiro atoms. The Morgan fingerprint density at radius 2 is 1.73 bits per heavy atom. The normalized spacial score (nSPS) is 32.5. The Labute approximate surface area is 127 Å². The van der Waals surface area contributed by atoms with Gasteiger partial charge in [0.25, 0.3) is 0 Å². The summed E-state index contributed by atoms with van der Waals surface area (Å²) in [4.78, 5) is 27.1. The van der Waals surface area contributed by atoms with E-state index in [-0.39, 0.29) is 31.0 Å². The van der Waals surface area contributed by atoms with Crippen molar-refractivity contribution in [3.05, 3.63) is 0 Å². The van der Waals surface area contributed by atoms with Crippen molar-refractivity contribution >= 4 is 11.8 Å². The van der Waals surface area contributed by atoms with Crippen molar-refractivity contribution in [3.8, 4) is 0 Å². The molecule has 22 heavy (non-hydrogen) atoms. The molecule has 0 aromatic rings. The van der Waals surface area contributed by atoms with Crippen LogP contribution in [0.5, 0.6) is 0 Å². The van der Waals surface area contributed by atoms with Gasteiger partial charge in [0.2, 0.25) is 11.8 Å². The molecule has 0 aliphatic carbocycles. The summed E-state index contributed by atoms with van der Waals surface area (Å²) >= 11 is 0. The van der Waals surface area contributed by atoms with E-state index in [9.17, 15) is 22.8 Å². The zero-order chi connectivity index (χ0) is 15.9. The number of piperidine rings is 2. The van der Waals surface area contributed by atoms with Gasteiger partial charge in [-0.1, -0.05) is 0 Å². The molecule has 124 valence electrons. The number of amides is 2. The van der Waals surface area contributed by atoms with E-state index in [1.54, 1.807) is 0 Å². The van der Waals surface area contributed by atoms with Crippen LogP contribution in [-0.4, -0.2) is 53.0 Å². The Balaban J connectivity index is 1.67. The fourth-order valence-electron chi connectivity index (χ4n) is 4.17. The molecule has 0 saturated carbocycles. The molecule has 3 aliphatic heterocycles. The van der Waals surface area contributed by atoms with Gasteiger partial charge in [-0.25, -0.2) is 0 Å². The lowest BCUT2D eigenvalue weighted by Crippen LogP contribution is -2.52. The molecule has 0 aromatic heterocycles. The van der Waals surface area contributed by atoms with Crippen molar-refractivity contribution in [1.29, 1.82) is 0 Å². The highest BCUT2D eigenvalue weighted by molar-refractivity contribution is 5.84. The average Bonchev–Trinajstić information content (AvgIpc) is 2.68. The molecule has 2 amide bonds. The second-order valence-corrected chi connectivity index (χ2v) is 6.69. The first-order chi connectivity index (χ1) is 10.3. The van der Waals surface area contributed by atoms with Crippen molar-refractivity contribution < 1.29 is 22.8 Å². The van der Waals surface area contributed by atoms with Crippen molar-refractivity contribution in [3.63, 3.8) is 0 Å². The number of likely N-dealkylation sites (tertiary alicyclic amines) is 1. The number of alkyl halides is 3. The lowest BCUT2D eigenvalue weighted by atomic mass is 9.93. The smallest absolute Gasteiger partial charge is 0.336 e. The maximum atomic E-state index is 12.7. The fraction of sp³-hybridized carbons (Fsp3) is 0.867. The number of hydrogen-bond donors (Lipinski definition) is 0. The quantitative estimate of drug-likeness (QED) is 0.784. The first-order valence-electron chi connectivity index (χ1n) is 8.02. The van der Waals surface area contributed by atoms with Crippen LogP contribution >= 0.6 is 0 Å². The van der Waals surface area contributed by atoms with Gasteiger partial charge in [-0.15, -0.1) is 0 Å². The van der Waals surface area contributed by atoms with Gasteiger partial charge in [-0.2, -0.15) is 13.2 Å². The van der Waals surface area contributed by atoms with Gasteiger partial charge in [0.15, 0.2) is 0 Å². The molecule has 3 unspecified atom stereocenters. The third-order valence-corrected chi connectivity index (χ3v) is 5.17. The van der Waals surface area contributed by atoms with E-state index in [1.165, 1.54) is 0 Å². The molecule has 3 heterocycles. The number of rotatable bonds is 2. The molecule has 0 radical (unpaired) electrons. The molecule has 0 aromatic carbocycles. The monoisotopic (exact) mass is 318 g/mol. The highest BCUT2D eigenvalue weighted by atomic mass is 19.4. The Kier molecular flexibility index (Phi) is 4.07. The van der Waals surface area contributed by atoms with Crippen LogP contribution in [0.2, 0.25) is 0 Å². The van der Waals surface area contributed by atoms with E-state index in [1.807, 2.05) is 4.90 Å². The van der Waals surface area contributed by atoms with Crippen LogP contribution in [0.3, 0.4) is 0 Å². The number of carbonyl (C=O) groups excluding carboxylic acids is 2. The van der Waals surface area contributed by atoms with Crippen LogP contribution < -0.4 is 0 Å². The third kappa shape index (κ3) is 3.08. The second-order valence-electron chi connectivity index (χ2n) is 6.69. The summed E-state index contributed by atoms with van der Waals surface area (Å²) in [5.41, 5.74) is 0. The van der Waals surface area contributed by atoms with Crippen LogP contribution in [0.15, 0.2) is 0 Å². The highest BCUT2D eigenvalue weighted by Crippen LogP contribution is 2.37. The second kappa shape index (κ2) is 5.74. The van der Waals surface area contributed by atoms with Gasteiger partial charge < -0.3 is 9.80 Å². The summed E-state index contributed by atoms with van der Waals surface area (Å²) in [7, 11) is 0. The topological polar surface area (TPSA) is 40.6 Å². The highest BCUT2D eigenvalue weighted by Gasteiger charge is 2.44. The summed E-state index contributed by atoms with van der Waals surface area (Å²) in [6, 6.07) is 0.528. The van der Waals surface area contributed by atoms with Crippen LogP contribution in [0, 0.1) is 5.92 Å². The van der Waals surface area contributed by atoms with Gasteiger partial charge in [-0.3, -0.25) is 9.59 Å². The van der Waals surface area contributed by atoms with Gasteiger partial charge >= 0.3 is 6.18 Å². The maximum Gasteiger partial charge on any atom is 0.406 e. The predicted octanol–water partition coefficient (Wildman–Crippen LogP) is 2.33. The standard InChI is InChI=1S/C15H21F3N2O2/c16-15(17,18)9-19-8-10(4-7-13(19)21)14(22)20-11-2-1-3-12(20)6-5-11/h10-12H,1-9H2. The van der Waals surface area contributed by atoms with E-state index >= 15 is 0 Å². The van der Waals surface area contributed by atoms with E-state index in [0.29, 0.717) is 6.42 Å². The minimum Gasteiger partial charge on any atom is -0.336 e. The Hall–Kier alpha value is -1.27. The summed E-state index contributed by atoms with van der Waals surface area (Å²) in [5.74, 6) is -1.00. The minimum absolute atomic E-state index is 0.0353. The summed E-state index contributed by atoms with van der Waals surface area (Å²) < 4.78 is 37.6. The maximum absolute atomic E-state index is 12.7. The Bertz CT molecular complexity index is 450.